The Kier molecular flexibility index (Phi) is 4.02. The molecule has 1 heterocycles. The normalized spacial score (nSPS) is 11.5. The molecule has 3 nitrogen and oxygen atoms in total. The van der Waals surface area contributed by atoms with Crippen LogP contribution in [0.2, 0.25) is 0 Å². The molecule has 0 saturated carbocycles. The Hall–Kier alpha value is -1.06. The molecular weight excluding hydrogens is 236 g/mol. The van der Waals surface area contributed by atoms with Gasteiger partial charge in [-0.2, -0.15) is 0 Å². The third-order valence-electron chi connectivity index (χ3n) is 2.62. The van der Waals surface area contributed by atoms with Gasteiger partial charge in [0.25, 0.3) is 0 Å². The van der Waals surface area contributed by atoms with Crippen molar-refractivity contribution in [1.29, 1.82) is 0 Å². The topological polar surface area (TPSA) is 27.1 Å². The number of nitrogens with zero attached hydrogens (tertiary/aromatic N) is 2. The van der Waals surface area contributed by atoms with Gasteiger partial charge in [0.2, 0.25) is 0 Å². The molecule has 0 atom stereocenters. The number of imidazole rings is 1. The lowest BCUT2D eigenvalue weighted by atomic mass is 10.3. The summed E-state index contributed by atoms with van der Waals surface area (Å²) in [5.41, 5.74) is 2.11. The minimum Gasteiger partial charge on any atom is -0.377 e. The number of rotatable bonds is 5. The van der Waals surface area contributed by atoms with E-state index in [-0.39, 0.29) is 6.10 Å². The summed E-state index contributed by atoms with van der Waals surface area (Å²) >= 11 is 5.92. The number of hydrogen-bond acceptors (Lipinski definition) is 2. The molecule has 0 aliphatic heterocycles. The molecule has 0 spiro atoms. The van der Waals surface area contributed by atoms with Crippen LogP contribution >= 0.6 is 11.6 Å². The van der Waals surface area contributed by atoms with Crippen LogP contribution in [0.1, 0.15) is 19.7 Å². The van der Waals surface area contributed by atoms with E-state index in [2.05, 4.69) is 15.6 Å². The number of benzene rings is 1. The number of hydrogen-bond donors (Lipinski definition) is 0. The van der Waals surface area contributed by atoms with Crippen LogP contribution in [-0.2, 0) is 17.2 Å². The van der Waals surface area contributed by atoms with Crippen LogP contribution < -0.4 is 0 Å². The SMILES string of the molecule is CC(C)OCCn1c(CCl)nc2ccccc21. The highest BCUT2D eigenvalue weighted by Gasteiger charge is 2.09. The predicted octanol–water partition coefficient (Wildman–Crippen LogP) is 3.20. The van der Waals surface area contributed by atoms with Crippen molar-refractivity contribution in [2.24, 2.45) is 0 Å². The van der Waals surface area contributed by atoms with Crippen LogP contribution in [0, 0.1) is 0 Å². The van der Waals surface area contributed by atoms with Crippen molar-refractivity contribution >= 4 is 22.6 Å². The monoisotopic (exact) mass is 252 g/mol. The van der Waals surface area contributed by atoms with E-state index in [0.29, 0.717) is 12.5 Å². The first-order valence-corrected chi connectivity index (χ1v) is 6.37. The quantitative estimate of drug-likeness (QED) is 0.764. The molecule has 0 unspecified atom stereocenters. The number of halogens is 1. The van der Waals surface area contributed by atoms with Crippen molar-refractivity contribution in [2.75, 3.05) is 6.61 Å². The lowest BCUT2D eigenvalue weighted by molar-refractivity contribution is 0.0729. The third-order valence-corrected chi connectivity index (χ3v) is 2.86. The molecule has 0 bridgehead atoms. The van der Waals surface area contributed by atoms with E-state index >= 15 is 0 Å². The molecule has 0 saturated heterocycles. The number of alkyl halides is 1. The van der Waals surface area contributed by atoms with Crippen molar-refractivity contribution in [3.05, 3.63) is 30.1 Å². The number of ether oxygens (including phenoxy) is 1. The molecule has 0 N–H and O–H groups in total. The molecule has 0 fully saturated rings. The summed E-state index contributed by atoms with van der Waals surface area (Å²) in [7, 11) is 0. The van der Waals surface area contributed by atoms with Gasteiger partial charge >= 0.3 is 0 Å². The summed E-state index contributed by atoms with van der Waals surface area (Å²) in [5.74, 6) is 1.33. The van der Waals surface area contributed by atoms with Crippen LogP contribution in [0.25, 0.3) is 11.0 Å². The smallest absolute Gasteiger partial charge is 0.124 e. The molecule has 1 aromatic heterocycles. The van der Waals surface area contributed by atoms with Gasteiger partial charge in [0.05, 0.1) is 29.6 Å². The molecular formula is C13H17ClN2O. The second-order valence-corrected chi connectivity index (χ2v) is 4.49. The van der Waals surface area contributed by atoms with Crippen molar-refractivity contribution < 1.29 is 4.74 Å². The Balaban J connectivity index is 2.24. The van der Waals surface area contributed by atoms with Crippen LogP contribution in [0.4, 0.5) is 0 Å². The maximum absolute atomic E-state index is 5.92. The molecule has 92 valence electrons. The minimum atomic E-state index is 0.254. The van der Waals surface area contributed by atoms with Gasteiger partial charge in [0, 0.05) is 6.54 Å². The molecule has 1 aromatic carbocycles. The molecule has 0 radical (unpaired) electrons. The lowest BCUT2D eigenvalue weighted by Gasteiger charge is -2.10. The van der Waals surface area contributed by atoms with Gasteiger partial charge in [0.15, 0.2) is 0 Å². The Morgan fingerprint density at radius 3 is 2.82 bits per heavy atom. The Bertz CT molecular complexity index is 493. The van der Waals surface area contributed by atoms with E-state index in [4.69, 9.17) is 16.3 Å². The fourth-order valence-electron chi connectivity index (χ4n) is 1.86. The Morgan fingerprint density at radius 1 is 1.35 bits per heavy atom. The fourth-order valence-corrected chi connectivity index (χ4v) is 2.06. The molecule has 17 heavy (non-hydrogen) atoms. The van der Waals surface area contributed by atoms with E-state index in [1.807, 2.05) is 32.0 Å². The zero-order chi connectivity index (χ0) is 12.3. The predicted molar refractivity (Wildman–Crippen MR) is 70.4 cm³/mol. The first kappa shape index (κ1) is 12.4. The van der Waals surface area contributed by atoms with Gasteiger partial charge in [-0.3, -0.25) is 0 Å². The Labute approximate surface area is 106 Å². The number of fused-ring (bicyclic) bond motifs is 1. The molecule has 0 aliphatic carbocycles. The maximum Gasteiger partial charge on any atom is 0.124 e. The highest BCUT2D eigenvalue weighted by Crippen LogP contribution is 2.17. The van der Waals surface area contributed by atoms with Gasteiger partial charge in [-0.15, -0.1) is 11.6 Å². The minimum absolute atomic E-state index is 0.254. The van der Waals surface area contributed by atoms with Gasteiger partial charge in [0.1, 0.15) is 5.82 Å². The standard InChI is InChI=1S/C13H17ClN2O/c1-10(2)17-8-7-16-12-6-4-3-5-11(12)15-13(16)9-14/h3-6,10H,7-9H2,1-2H3. The van der Waals surface area contributed by atoms with Crippen molar-refractivity contribution in [3.8, 4) is 0 Å². The van der Waals surface area contributed by atoms with Crippen LogP contribution in [-0.4, -0.2) is 22.3 Å². The third kappa shape index (κ3) is 2.79. The fraction of sp³-hybridized carbons (Fsp3) is 0.462. The van der Waals surface area contributed by atoms with E-state index in [1.165, 1.54) is 0 Å². The van der Waals surface area contributed by atoms with Gasteiger partial charge < -0.3 is 9.30 Å². The van der Waals surface area contributed by atoms with Crippen LogP contribution in [0.3, 0.4) is 0 Å². The van der Waals surface area contributed by atoms with Gasteiger partial charge in [-0.1, -0.05) is 12.1 Å². The number of aromatic nitrogens is 2. The molecule has 4 heteroatoms. The summed E-state index contributed by atoms with van der Waals surface area (Å²) < 4.78 is 7.70. The second-order valence-electron chi connectivity index (χ2n) is 4.22. The van der Waals surface area contributed by atoms with E-state index in [0.717, 1.165) is 23.4 Å². The highest BCUT2D eigenvalue weighted by molar-refractivity contribution is 6.16. The summed E-state index contributed by atoms with van der Waals surface area (Å²) in [6, 6.07) is 8.07. The second kappa shape index (κ2) is 5.52. The molecule has 2 aromatic rings. The first-order chi connectivity index (χ1) is 8.22. The lowest BCUT2D eigenvalue weighted by Crippen LogP contribution is -2.12. The van der Waals surface area contributed by atoms with E-state index in [1.54, 1.807) is 0 Å². The van der Waals surface area contributed by atoms with E-state index < -0.39 is 0 Å². The van der Waals surface area contributed by atoms with Gasteiger partial charge in [-0.25, -0.2) is 4.98 Å². The van der Waals surface area contributed by atoms with Crippen molar-refractivity contribution in [2.45, 2.75) is 32.4 Å². The van der Waals surface area contributed by atoms with Gasteiger partial charge in [-0.05, 0) is 26.0 Å². The zero-order valence-corrected chi connectivity index (χ0v) is 10.9. The summed E-state index contributed by atoms with van der Waals surface area (Å²) in [6.07, 6.45) is 0.254. The van der Waals surface area contributed by atoms with E-state index in [9.17, 15) is 0 Å². The summed E-state index contributed by atoms with van der Waals surface area (Å²) in [5, 5.41) is 0. The zero-order valence-electron chi connectivity index (χ0n) is 10.2. The van der Waals surface area contributed by atoms with Crippen LogP contribution in [0.5, 0.6) is 0 Å². The highest BCUT2D eigenvalue weighted by atomic mass is 35.5. The Morgan fingerprint density at radius 2 is 2.12 bits per heavy atom. The molecule has 2 rings (SSSR count). The maximum atomic E-state index is 5.92. The average molecular weight is 253 g/mol. The van der Waals surface area contributed by atoms with Crippen molar-refractivity contribution in [3.63, 3.8) is 0 Å². The summed E-state index contributed by atoms with van der Waals surface area (Å²) in [6.45, 7) is 5.55. The molecule has 0 aliphatic rings. The van der Waals surface area contributed by atoms with Crippen molar-refractivity contribution in [1.82, 2.24) is 9.55 Å². The first-order valence-electron chi connectivity index (χ1n) is 5.84. The largest absolute Gasteiger partial charge is 0.377 e. The summed E-state index contributed by atoms with van der Waals surface area (Å²) in [4.78, 5) is 4.50. The number of para-hydroxylation sites is 2. The van der Waals surface area contributed by atoms with Crippen LogP contribution in [0.15, 0.2) is 24.3 Å². The molecule has 0 amide bonds. The average Bonchev–Trinajstić information content (AvgIpc) is 2.67.